The first kappa shape index (κ1) is 33.5. The van der Waals surface area contributed by atoms with Crippen molar-refractivity contribution in [1.82, 2.24) is 4.90 Å². The second-order valence-electron chi connectivity index (χ2n) is 10.0. The van der Waals surface area contributed by atoms with Gasteiger partial charge in [0, 0.05) is 6.61 Å². The summed E-state index contributed by atoms with van der Waals surface area (Å²) in [5, 5.41) is 0. The van der Waals surface area contributed by atoms with Gasteiger partial charge >= 0.3 is 5.97 Å². The van der Waals surface area contributed by atoms with Gasteiger partial charge in [-0.15, -0.1) is 0 Å². The minimum absolute atomic E-state index is 0.0787. The third kappa shape index (κ3) is 10.6. The van der Waals surface area contributed by atoms with Crippen LogP contribution in [-0.4, -0.2) is 67.5 Å². The summed E-state index contributed by atoms with van der Waals surface area (Å²) >= 11 is 0. The lowest BCUT2D eigenvalue weighted by molar-refractivity contribution is -0.147. The zero-order valence-electron chi connectivity index (χ0n) is 24.1. The lowest BCUT2D eigenvalue weighted by Crippen LogP contribution is -2.50. The molecule has 0 rings (SSSR count). The highest BCUT2D eigenvalue weighted by molar-refractivity contribution is 6.75. The van der Waals surface area contributed by atoms with E-state index in [4.69, 9.17) is 13.3 Å². The summed E-state index contributed by atoms with van der Waals surface area (Å²) in [7, 11) is -5.90. The van der Waals surface area contributed by atoms with Crippen LogP contribution in [0.2, 0.25) is 55.4 Å². The predicted molar refractivity (Wildman–Crippen MR) is 151 cm³/mol. The molecule has 0 aliphatic rings. The molecule has 0 radical (unpaired) electrons. The summed E-state index contributed by atoms with van der Waals surface area (Å²) in [6.07, 6.45) is 1.02. The zero-order chi connectivity index (χ0) is 26.4. The van der Waals surface area contributed by atoms with Crippen molar-refractivity contribution >= 4 is 36.9 Å². The Hall–Kier alpha value is -0.489. The van der Waals surface area contributed by atoms with Gasteiger partial charge in [0.15, 0.2) is 8.32 Å². The molecule has 0 bridgehead atoms. The molecule has 0 N–H and O–H groups in total. The van der Waals surface area contributed by atoms with Crippen molar-refractivity contribution in [3.8, 4) is 0 Å². The molecule has 0 heterocycles. The van der Waals surface area contributed by atoms with Crippen LogP contribution in [0, 0.1) is 0 Å². The van der Waals surface area contributed by atoms with Crippen molar-refractivity contribution in [2.75, 3.05) is 19.7 Å². The topological polar surface area (TPSA) is 65.1 Å². The Morgan fingerprint density at radius 3 is 1.65 bits per heavy atom. The molecule has 0 amide bonds. The largest absolute Gasteiger partial charge is 0.519 e. The van der Waals surface area contributed by atoms with Crippen LogP contribution in [0.15, 0.2) is 0 Å². The van der Waals surface area contributed by atoms with Gasteiger partial charge < -0.3 is 13.3 Å². The van der Waals surface area contributed by atoms with Gasteiger partial charge in [0.2, 0.25) is 0 Å². The standard InChI is InChI=1S/C25H55NO5Si3/c1-11-26(20-19-21-32(9,10)29-12-2)23(25(28)31-34(16-6,17-7)18-8)22-24(27)30-33(13-3,14-4)15-5/h23H,11-22H2,1-10H3. The van der Waals surface area contributed by atoms with Crippen molar-refractivity contribution in [2.24, 2.45) is 0 Å². The summed E-state index contributed by atoms with van der Waals surface area (Å²) in [6.45, 7) is 23.5. The highest BCUT2D eigenvalue weighted by Gasteiger charge is 2.40. The van der Waals surface area contributed by atoms with Crippen LogP contribution in [0.4, 0.5) is 0 Å². The molecule has 0 saturated heterocycles. The predicted octanol–water partition coefficient (Wildman–Crippen LogP) is 6.80. The molecule has 6 nitrogen and oxygen atoms in total. The van der Waals surface area contributed by atoms with Crippen molar-refractivity contribution in [1.29, 1.82) is 0 Å². The summed E-state index contributed by atoms with van der Waals surface area (Å²) in [5.74, 6) is -0.465. The molecule has 0 fully saturated rings. The fraction of sp³-hybridized carbons (Fsp3) is 0.920. The van der Waals surface area contributed by atoms with Crippen LogP contribution >= 0.6 is 0 Å². The first-order valence-electron chi connectivity index (χ1n) is 13.8. The third-order valence-electron chi connectivity index (χ3n) is 7.75. The van der Waals surface area contributed by atoms with Crippen LogP contribution in [-0.2, 0) is 22.9 Å². The Labute approximate surface area is 213 Å². The second-order valence-corrected chi connectivity index (χ2v) is 23.7. The van der Waals surface area contributed by atoms with Crippen molar-refractivity contribution in [3.05, 3.63) is 0 Å². The van der Waals surface area contributed by atoms with E-state index in [0.717, 1.165) is 61.9 Å². The molecule has 0 aliphatic heterocycles. The molecule has 34 heavy (non-hydrogen) atoms. The van der Waals surface area contributed by atoms with Gasteiger partial charge in [-0.3, -0.25) is 14.5 Å². The van der Waals surface area contributed by atoms with E-state index in [2.05, 4.69) is 66.5 Å². The van der Waals surface area contributed by atoms with Crippen LogP contribution < -0.4 is 0 Å². The molecule has 0 saturated carbocycles. The smallest absolute Gasteiger partial charge is 0.310 e. The van der Waals surface area contributed by atoms with E-state index in [1.807, 2.05) is 6.92 Å². The molecule has 1 atom stereocenters. The van der Waals surface area contributed by atoms with Gasteiger partial charge in [-0.25, -0.2) is 0 Å². The van der Waals surface area contributed by atoms with Crippen LogP contribution in [0.1, 0.15) is 68.2 Å². The van der Waals surface area contributed by atoms with E-state index in [1.165, 1.54) is 0 Å². The van der Waals surface area contributed by atoms with Crippen LogP contribution in [0.25, 0.3) is 0 Å². The summed E-state index contributed by atoms with van der Waals surface area (Å²) < 4.78 is 18.4. The summed E-state index contributed by atoms with van der Waals surface area (Å²) in [5.41, 5.74) is 0. The van der Waals surface area contributed by atoms with E-state index < -0.39 is 31.0 Å². The first-order chi connectivity index (χ1) is 16.0. The second kappa shape index (κ2) is 16.3. The fourth-order valence-corrected chi connectivity index (χ4v) is 11.7. The van der Waals surface area contributed by atoms with Gasteiger partial charge in [-0.2, -0.15) is 0 Å². The Morgan fingerprint density at radius 2 is 1.24 bits per heavy atom. The maximum absolute atomic E-state index is 13.6. The van der Waals surface area contributed by atoms with Gasteiger partial charge in [0.05, 0.1) is 6.42 Å². The summed E-state index contributed by atoms with van der Waals surface area (Å²) in [4.78, 5) is 28.8. The lowest BCUT2D eigenvalue weighted by Gasteiger charge is -2.35. The molecular weight excluding hydrogens is 479 g/mol. The molecule has 0 aromatic heterocycles. The Balaban J connectivity index is 5.72. The average Bonchev–Trinajstić information content (AvgIpc) is 2.82. The summed E-state index contributed by atoms with van der Waals surface area (Å²) in [6, 6.07) is 5.89. The van der Waals surface area contributed by atoms with Gasteiger partial charge in [-0.05, 0) is 81.8 Å². The van der Waals surface area contributed by atoms with E-state index in [0.29, 0.717) is 6.54 Å². The lowest BCUT2D eigenvalue weighted by atomic mass is 10.1. The van der Waals surface area contributed by atoms with Crippen molar-refractivity contribution in [2.45, 2.75) is 130 Å². The monoisotopic (exact) mass is 533 g/mol. The Morgan fingerprint density at radius 1 is 0.765 bits per heavy atom. The normalized spacial score (nSPS) is 13.7. The number of hydrogen-bond acceptors (Lipinski definition) is 6. The molecule has 202 valence electrons. The SMILES string of the molecule is CCO[Si](C)(C)CCCN(CC)C(CC(=O)O[Si](CC)(CC)CC)C(=O)O[Si](CC)(CC)CC. The van der Waals surface area contributed by atoms with Crippen LogP contribution in [0.5, 0.6) is 0 Å². The zero-order valence-corrected chi connectivity index (χ0v) is 27.1. The molecule has 0 spiro atoms. The van der Waals surface area contributed by atoms with Crippen LogP contribution in [0.3, 0.4) is 0 Å². The minimum Gasteiger partial charge on any atom is -0.519 e. The first-order valence-corrected chi connectivity index (χ1v) is 22.0. The van der Waals surface area contributed by atoms with Crippen molar-refractivity contribution < 1.29 is 22.9 Å². The van der Waals surface area contributed by atoms with E-state index in [1.54, 1.807) is 0 Å². The van der Waals surface area contributed by atoms with Gasteiger partial charge in [-0.1, -0.05) is 48.5 Å². The van der Waals surface area contributed by atoms with Gasteiger partial charge in [0.1, 0.15) is 6.04 Å². The number of carbonyl (C=O) groups is 2. The number of nitrogens with zero attached hydrogens (tertiary/aromatic N) is 1. The van der Waals surface area contributed by atoms with E-state index in [9.17, 15) is 9.59 Å². The Bertz CT molecular complexity index is 579. The molecular formula is C25H55NO5Si3. The molecule has 1 unspecified atom stereocenters. The maximum Gasteiger partial charge on any atom is 0.310 e. The quantitative estimate of drug-likeness (QED) is 0.170. The number of rotatable bonds is 19. The minimum atomic E-state index is -2.13. The van der Waals surface area contributed by atoms with E-state index in [-0.39, 0.29) is 18.4 Å². The molecule has 0 aromatic carbocycles. The molecule has 0 aliphatic carbocycles. The highest BCUT2D eigenvalue weighted by atomic mass is 28.4. The molecule has 0 aromatic rings. The number of carbonyl (C=O) groups excluding carboxylic acids is 2. The number of hydrogen-bond donors (Lipinski definition) is 0. The van der Waals surface area contributed by atoms with Crippen molar-refractivity contribution in [3.63, 3.8) is 0 Å². The third-order valence-corrected chi connectivity index (χ3v) is 19.4. The number of likely N-dealkylation sites (N-methyl/N-ethyl adjacent to an activating group) is 1. The average molecular weight is 534 g/mol. The van der Waals surface area contributed by atoms with E-state index >= 15 is 0 Å². The van der Waals surface area contributed by atoms with Gasteiger partial charge in [0.25, 0.3) is 22.6 Å². The fourth-order valence-electron chi connectivity index (χ4n) is 4.72. The highest BCUT2D eigenvalue weighted by Crippen LogP contribution is 2.26. The maximum atomic E-state index is 13.6. The molecule has 9 heteroatoms. The Kier molecular flexibility index (Phi) is 16.1.